The van der Waals surface area contributed by atoms with Crippen molar-refractivity contribution in [1.82, 2.24) is 0 Å². The molecule has 0 amide bonds. The third-order valence-corrected chi connectivity index (χ3v) is 0. The summed E-state index contributed by atoms with van der Waals surface area (Å²) in [6.07, 6.45) is 0. The van der Waals surface area contributed by atoms with Crippen LogP contribution in [0.4, 0.5) is 0 Å². The predicted octanol–water partition coefficient (Wildman–Crippen LogP) is 2.18. The van der Waals surface area contributed by atoms with Crippen LogP contribution in [0.25, 0.3) is 0 Å². The maximum atomic E-state index is 3.53. The molecule has 0 aliphatic heterocycles. The van der Waals surface area contributed by atoms with Gasteiger partial charge in [-0.15, -0.1) is 6.92 Å². The Morgan fingerprint density at radius 3 is 0.889 bits per heavy atom. The molecule has 0 bridgehead atoms. The Bertz CT molecular complexity index is 13.0. The van der Waals surface area contributed by atoms with Crippen molar-refractivity contribution in [2.24, 2.45) is 5.92 Å². The molecule has 0 saturated heterocycles. The van der Waals surface area contributed by atoms with E-state index in [-0.39, 0.29) is 113 Å². The average molecular weight is 353 g/mol. The summed E-state index contributed by atoms with van der Waals surface area (Å²) < 4.78 is 0. The van der Waals surface area contributed by atoms with Crippen LogP contribution in [-0.2, 0) is 98.1 Å². The van der Waals surface area contributed by atoms with Crippen molar-refractivity contribution in [3.63, 3.8) is 0 Å². The van der Waals surface area contributed by atoms with Crippen LogP contribution in [0.15, 0.2) is 0 Å². The van der Waals surface area contributed by atoms with Crippen molar-refractivity contribution in [2.75, 3.05) is 0 Å². The van der Waals surface area contributed by atoms with Gasteiger partial charge in [0.25, 0.3) is 0 Å². The fraction of sp³-hybridized carbons (Fsp3) is 0.333. The van der Waals surface area contributed by atoms with Gasteiger partial charge in [-0.25, -0.2) is 0 Å². The predicted molar refractivity (Wildman–Crippen MR) is 32.7 cm³/mol. The standard InChI is InChI=1S/C4H8.2CH3.3Y/c1-4(2)3;;;;;/h4H,1-2H2,3H3;2*1H3;;;/q-2;2*-1;;;. The van der Waals surface area contributed by atoms with Crippen LogP contribution in [-0.4, -0.2) is 0 Å². The van der Waals surface area contributed by atoms with Crippen molar-refractivity contribution in [1.29, 1.82) is 0 Å². The molecule has 0 aromatic rings. The van der Waals surface area contributed by atoms with E-state index >= 15 is 0 Å². The zero-order chi connectivity index (χ0) is 3.58. The zero-order valence-corrected chi connectivity index (χ0v) is 15.2. The van der Waals surface area contributed by atoms with E-state index in [1.165, 1.54) is 0 Å². The van der Waals surface area contributed by atoms with Crippen molar-refractivity contribution in [2.45, 2.75) is 6.92 Å². The second-order valence-corrected chi connectivity index (χ2v) is 1.11. The van der Waals surface area contributed by atoms with E-state index in [1.54, 1.807) is 0 Å². The molecule has 0 spiro atoms. The van der Waals surface area contributed by atoms with Crippen molar-refractivity contribution < 1.29 is 98.1 Å². The zero-order valence-electron chi connectivity index (χ0n) is 6.72. The molecule has 0 aromatic carbocycles. The van der Waals surface area contributed by atoms with Crippen LogP contribution in [0.5, 0.6) is 0 Å². The molecule has 3 radical (unpaired) electrons. The van der Waals surface area contributed by atoms with Crippen molar-refractivity contribution >= 4 is 0 Å². The van der Waals surface area contributed by atoms with Crippen LogP contribution in [0, 0.1) is 34.6 Å². The van der Waals surface area contributed by atoms with Gasteiger partial charge in [-0.3, -0.25) is 0 Å². The summed E-state index contributed by atoms with van der Waals surface area (Å²) in [5, 5.41) is 0. The van der Waals surface area contributed by atoms with Gasteiger partial charge in [0.2, 0.25) is 0 Å². The van der Waals surface area contributed by atoms with E-state index in [4.69, 9.17) is 0 Å². The Labute approximate surface area is 137 Å². The monoisotopic (exact) mass is 353 g/mol. The summed E-state index contributed by atoms with van der Waals surface area (Å²) >= 11 is 0. The molecule has 0 rings (SSSR count). The van der Waals surface area contributed by atoms with Crippen LogP contribution in [0.3, 0.4) is 0 Å². The quantitative estimate of drug-likeness (QED) is 0.586. The molecule has 0 heterocycles. The maximum Gasteiger partial charge on any atom is 0 e. The van der Waals surface area contributed by atoms with Crippen LogP contribution >= 0.6 is 0 Å². The summed E-state index contributed by atoms with van der Waals surface area (Å²) in [5.74, 6) is 0.333. The molecular formula is C6H14Y3-4. The SMILES string of the molecule is [CH2-]C([CH2-])C.[CH3-].[CH3-].[Y].[Y].[Y]. The minimum atomic E-state index is 0. The second kappa shape index (κ2) is 30.2. The summed E-state index contributed by atoms with van der Waals surface area (Å²) in [5.41, 5.74) is 0. The first kappa shape index (κ1) is 39.5. The molecule has 51 valence electrons. The molecule has 0 aromatic heterocycles. The van der Waals surface area contributed by atoms with Crippen LogP contribution in [0.1, 0.15) is 6.92 Å². The molecule has 0 saturated carbocycles. The van der Waals surface area contributed by atoms with Crippen LogP contribution < -0.4 is 0 Å². The molecular weight excluding hydrogens is 339 g/mol. The van der Waals surface area contributed by atoms with Crippen LogP contribution in [0.2, 0.25) is 0 Å². The Balaban J connectivity index is -0.00000000450. The number of hydrogen-bond acceptors (Lipinski definition) is 0. The number of hydrogen-bond donors (Lipinski definition) is 0. The molecule has 9 heavy (non-hydrogen) atoms. The topological polar surface area (TPSA) is 0 Å². The Hall–Kier alpha value is 3.31. The fourth-order valence-electron chi connectivity index (χ4n) is 0. The normalized spacial score (nSPS) is 4.00. The minimum Gasteiger partial charge on any atom is -0.370 e. The van der Waals surface area contributed by atoms with Gasteiger partial charge in [0.15, 0.2) is 0 Å². The van der Waals surface area contributed by atoms with Crippen molar-refractivity contribution in [3.05, 3.63) is 28.7 Å². The molecule has 0 N–H and O–H groups in total. The molecule has 3 heteroatoms. The molecule has 0 fully saturated rings. The van der Waals surface area contributed by atoms with Gasteiger partial charge < -0.3 is 34.6 Å². The summed E-state index contributed by atoms with van der Waals surface area (Å²) in [7, 11) is 0. The van der Waals surface area contributed by atoms with Gasteiger partial charge in [-0.1, -0.05) is 0 Å². The molecule has 0 atom stereocenters. The summed E-state index contributed by atoms with van der Waals surface area (Å²) in [6.45, 7) is 9.00. The Morgan fingerprint density at radius 2 is 0.889 bits per heavy atom. The first-order valence-corrected chi connectivity index (χ1v) is 1.39. The summed E-state index contributed by atoms with van der Waals surface area (Å²) in [6, 6.07) is 0. The Kier molecular flexibility index (Phi) is 133. The number of rotatable bonds is 0. The van der Waals surface area contributed by atoms with Gasteiger partial charge in [0.05, 0.1) is 0 Å². The van der Waals surface area contributed by atoms with Gasteiger partial charge in [-0.2, -0.15) is 0 Å². The van der Waals surface area contributed by atoms with E-state index in [2.05, 4.69) is 13.8 Å². The van der Waals surface area contributed by atoms with E-state index in [0.29, 0.717) is 5.92 Å². The smallest absolute Gasteiger partial charge is 0 e. The van der Waals surface area contributed by atoms with Crippen molar-refractivity contribution in [3.8, 4) is 0 Å². The second-order valence-electron chi connectivity index (χ2n) is 1.11. The molecule has 0 aliphatic carbocycles. The Morgan fingerprint density at radius 1 is 0.889 bits per heavy atom. The van der Waals surface area contributed by atoms with Gasteiger partial charge in [0, 0.05) is 98.1 Å². The molecule has 0 nitrogen and oxygen atoms in total. The van der Waals surface area contributed by atoms with E-state index in [0.717, 1.165) is 0 Å². The first-order valence-electron chi connectivity index (χ1n) is 1.39. The fourth-order valence-corrected chi connectivity index (χ4v) is 0. The third-order valence-electron chi connectivity index (χ3n) is 0. The van der Waals surface area contributed by atoms with E-state index < -0.39 is 0 Å². The van der Waals surface area contributed by atoms with E-state index in [9.17, 15) is 0 Å². The van der Waals surface area contributed by atoms with E-state index in [1.807, 2.05) is 6.92 Å². The van der Waals surface area contributed by atoms with Gasteiger partial charge in [-0.05, 0) is 0 Å². The maximum absolute atomic E-state index is 3.53. The van der Waals surface area contributed by atoms with Gasteiger partial charge in [0.1, 0.15) is 0 Å². The molecule has 0 unspecified atom stereocenters. The third kappa shape index (κ3) is 89.4. The first-order chi connectivity index (χ1) is 1.73. The summed E-state index contributed by atoms with van der Waals surface area (Å²) in [4.78, 5) is 0. The molecule has 0 aliphatic rings. The minimum absolute atomic E-state index is 0. The average Bonchev–Trinajstić information content (AvgIpc) is 0.811. The largest absolute Gasteiger partial charge is 0.370 e. The van der Waals surface area contributed by atoms with Gasteiger partial charge >= 0.3 is 0 Å².